The van der Waals surface area contributed by atoms with E-state index < -0.39 is 5.97 Å². The van der Waals surface area contributed by atoms with Gasteiger partial charge in [-0.1, -0.05) is 12.7 Å². The lowest BCUT2D eigenvalue weighted by molar-refractivity contribution is 0.0555. The highest BCUT2D eigenvalue weighted by Crippen LogP contribution is 2.27. The molecule has 0 unspecified atom stereocenters. The van der Waals surface area contributed by atoms with Gasteiger partial charge >= 0.3 is 5.97 Å². The number of aryl methyl sites for hydroxylation is 1. The van der Waals surface area contributed by atoms with Crippen molar-refractivity contribution in [2.24, 2.45) is 0 Å². The number of H-pyrrole nitrogens is 1. The fraction of sp³-hybridized carbons (Fsp3) is 0.400. The average molecular weight is 319 g/mol. The van der Waals surface area contributed by atoms with Gasteiger partial charge in [-0.25, -0.2) is 9.78 Å². The van der Waals surface area contributed by atoms with Crippen molar-refractivity contribution >= 4 is 27.5 Å². The van der Waals surface area contributed by atoms with Gasteiger partial charge in [0.1, 0.15) is 22.1 Å². The molecular weight excluding hydrogens is 302 g/mol. The number of fused-ring (bicyclic) bond motifs is 1. The molecule has 0 saturated heterocycles. The van der Waals surface area contributed by atoms with Crippen molar-refractivity contribution in [3.63, 3.8) is 0 Å². The number of hydrogen-bond acceptors (Lipinski definition) is 6. The molecule has 0 radical (unpaired) electrons. The van der Waals surface area contributed by atoms with Gasteiger partial charge in [0.05, 0.1) is 11.9 Å². The number of thiophene rings is 1. The number of ether oxygens (including phenoxy) is 1. The number of carbonyl (C=O) groups excluding carboxylic acids is 1. The van der Waals surface area contributed by atoms with E-state index in [1.165, 1.54) is 30.3 Å². The van der Waals surface area contributed by atoms with E-state index in [0.717, 1.165) is 0 Å². The van der Waals surface area contributed by atoms with E-state index in [2.05, 4.69) is 21.9 Å². The minimum Gasteiger partial charge on any atom is -0.457 e. The lowest BCUT2D eigenvalue weighted by Crippen LogP contribution is -2.20. The fourth-order valence-corrected chi connectivity index (χ4v) is 3.29. The van der Waals surface area contributed by atoms with E-state index >= 15 is 0 Å². The van der Waals surface area contributed by atoms with Gasteiger partial charge < -0.3 is 15.0 Å². The van der Waals surface area contributed by atoms with Gasteiger partial charge in [-0.3, -0.25) is 4.79 Å². The number of nitrogens with zero attached hydrogens (tertiary/aromatic N) is 1. The first kappa shape index (κ1) is 14.9. The van der Waals surface area contributed by atoms with Gasteiger partial charge in [0.15, 0.2) is 0 Å². The maximum absolute atomic E-state index is 12.2. The van der Waals surface area contributed by atoms with E-state index in [-0.39, 0.29) is 12.2 Å². The number of rotatable bonds is 6. The molecule has 22 heavy (non-hydrogen) atoms. The van der Waals surface area contributed by atoms with E-state index in [4.69, 9.17) is 4.74 Å². The number of esters is 1. The number of aromatic amines is 1. The van der Waals surface area contributed by atoms with Crippen molar-refractivity contribution in [2.75, 3.05) is 6.61 Å². The highest BCUT2D eigenvalue weighted by atomic mass is 32.1. The lowest BCUT2D eigenvalue weighted by Gasteiger charge is -2.02. The van der Waals surface area contributed by atoms with Crippen LogP contribution in [-0.2, 0) is 11.3 Å². The van der Waals surface area contributed by atoms with Crippen molar-refractivity contribution < 1.29 is 9.53 Å². The summed E-state index contributed by atoms with van der Waals surface area (Å²) in [6.45, 7) is 5.92. The van der Waals surface area contributed by atoms with E-state index in [0.29, 0.717) is 39.1 Å². The van der Waals surface area contributed by atoms with Crippen LogP contribution in [0.3, 0.4) is 0 Å². The highest BCUT2D eigenvalue weighted by molar-refractivity contribution is 7.20. The second kappa shape index (κ2) is 6.02. The van der Waals surface area contributed by atoms with E-state index in [1.54, 1.807) is 6.92 Å². The van der Waals surface area contributed by atoms with E-state index in [9.17, 15) is 9.59 Å². The SMILES string of the molecule is C=CCOC(=O)c1sc2nc(CNC3CC3)[nH]c(=O)c2c1C. The molecule has 0 amide bonds. The monoisotopic (exact) mass is 319 g/mol. The van der Waals surface area contributed by atoms with Crippen molar-refractivity contribution in [1.82, 2.24) is 15.3 Å². The van der Waals surface area contributed by atoms with Crippen LogP contribution in [0.25, 0.3) is 10.2 Å². The van der Waals surface area contributed by atoms with Gasteiger partial charge in [-0.05, 0) is 25.3 Å². The normalized spacial score (nSPS) is 14.2. The summed E-state index contributed by atoms with van der Waals surface area (Å²) in [5, 5.41) is 3.77. The first-order chi connectivity index (χ1) is 10.6. The number of carbonyl (C=O) groups is 1. The van der Waals surface area contributed by atoms with Crippen molar-refractivity contribution in [3.8, 4) is 0 Å². The topological polar surface area (TPSA) is 84.1 Å². The Morgan fingerprint density at radius 2 is 2.36 bits per heavy atom. The zero-order valence-corrected chi connectivity index (χ0v) is 13.1. The molecule has 0 atom stereocenters. The summed E-state index contributed by atoms with van der Waals surface area (Å²) in [5.74, 6) is 0.147. The number of hydrogen-bond donors (Lipinski definition) is 2. The second-order valence-electron chi connectivity index (χ2n) is 5.29. The molecule has 2 N–H and O–H groups in total. The van der Waals surface area contributed by atoms with Crippen LogP contribution < -0.4 is 10.9 Å². The molecule has 1 saturated carbocycles. The summed E-state index contributed by atoms with van der Waals surface area (Å²) >= 11 is 1.19. The Kier molecular flexibility index (Phi) is 4.08. The van der Waals surface area contributed by atoms with Gasteiger partial charge in [-0.15, -0.1) is 11.3 Å². The molecule has 2 aromatic heterocycles. The molecule has 0 aromatic carbocycles. The standard InChI is InChI=1S/C15H17N3O3S/c1-3-6-21-15(20)12-8(2)11-13(19)17-10(18-14(11)22-12)7-16-9-4-5-9/h3,9,16H,1,4-7H2,2H3,(H,17,18,19). The molecule has 0 bridgehead atoms. The average Bonchev–Trinajstić information content (AvgIpc) is 3.26. The van der Waals surface area contributed by atoms with Crippen LogP contribution in [-0.4, -0.2) is 28.6 Å². The molecule has 2 aromatic rings. The summed E-state index contributed by atoms with van der Waals surface area (Å²) < 4.78 is 5.05. The molecule has 2 heterocycles. The third kappa shape index (κ3) is 2.95. The summed E-state index contributed by atoms with van der Waals surface area (Å²) in [4.78, 5) is 32.5. The quantitative estimate of drug-likeness (QED) is 0.627. The zero-order valence-electron chi connectivity index (χ0n) is 12.3. The Morgan fingerprint density at radius 1 is 1.59 bits per heavy atom. The largest absolute Gasteiger partial charge is 0.457 e. The molecule has 3 rings (SSSR count). The van der Waals surface area contributed by atoms with Gasteiger partial charge in [0, 0.05) is 6.04 Å². The van der Waals surface area contributed by atoms with Gasteiger partial charge in [-0.2, -0.15) is 0 Å². The fourth-order valence-electron chi connectivity index (χ4n) is 2.20. The molecule has 1 aliphatic carbocycles. The Balaban J connectivity index is 1.93. The third-order valence-corrected chi connectivity index (χ3v) is 4.67. The molecule has 0 aliphatic heterocycles. The third-order valence-electron chi connectivity index (χ3n) is 3.50. The first-order valence-corrected chi connectivity index (χ1v) is 7.95. The summed E-state index contributed by atoms with van der Waals surface area (Å²) in [5.41, 5.74) is 0.402. The number of nitrogens with one attached hydrogen (secondary N) is 2. The second-order valence-corrected chi connectivity index (χ2v) is 6.29. The van der Waals surface area contributed by atoms with Crippen molar-refractivity contribution in [1.29, 1.82) is 0 Å². The minimum atomic E-state index is -0.447. The number of aromatic nitrogens is 2. The first-order valence-electron chi connectivity index (χ1n) is 7.14. The Hall–Kier alpha value is -1.99. The summed E-state index contributed by atoms with van der Waals surface area (Å²) in [7, 11) is 0. The molecule has 6 nitrogen and oxygen atoms in total. The van der Waals surface area contributed by atoms with Crippen LogP contribution in [0.5, 0.6) is 0 Å². The molecule has 0 spiro atoms. The lowest BCUT2D eigenvalue weighted by atomic mass is 10.2. The van der Waals surface area contributed by atoms with Crippen LogP contribution in [0, 0.1) is 6.92 Å². The molecule has 1 fully saturated rings. The van der Waals surface area contributed by atoms with Crippen molar-refractivity contribution in [2.45, 2.75) is 32.4 Å². The molecule has 7 heteroatoms. The predicted octanol–water partition coefficient (Wildman–Crippen LogP) is 1.89. The Morgan fingerprint density at radius 3 is 3.05 bits per heavy atom. The molecular formula is C15H17N3O3S. The van der Waals surface area contributed by atoms with Crippen molar-refractivity contribution in [3.05, 3.63) is 39.3 Å². The van der Waals surface area contributed by atoms with Crippen LogP contribution >= 0.6 is 11.3 Å². The van der Waals surface area contributed by atoms with Crippen LogP contribution in [0.15, 0.2) is 17.4 Å². The minimum absolute atomic E-state index is 0.146. The maximum Gasteiger partial charge on any atom is 0.348 e. The molecule has 116 valence electrons. The molecule has 1 aliphatic rings. The smallest absolute Gasteiger partial charge is 0.348 e. The van der Waals surface area contributed by atoms with Gasteiger partial charge in [0.2, 0.25) is 0 Å². The van der Waals surface area contributed by atoms with Crippen LogP contribution in [0.1, 0.15) is 33.9 Å². The Labute approximate surface area is 131 Å². The van der Waals surface area contributed by atoms with Crippen LogP contribution in [0.4, 0.5) is 0 Å². The summed E-state index contributed by atoms with van der Waals surface area (Å²) in [6, 6.07) is 0.538. The van der Waals surface area contributed by atoms with E-state index in [1.807, 2.05) is 0 Å². The highest BCUT2D eigenvalue weighted by Gasteiger charge is 2.22. The predicted molar refractivity (Wildman–Crippen MR) is 85.3 cm³/mol. The van der Waals surface area contributed by atoms with Crippen LogP contribution in [0.2, 0.25) is 0 Å². The zero-order chi connectivity index (χ0) is 15.7. The Bertz CT molecular complexity index is 789. The maximum atomic E-state index is 12.2. The summed E-state index contributed by atoms with van der Waals surface area (Å²) in [6.07, 6.45) is 3.85. The van der Waals surface area contributed by atoms with Gasteiger partial charge in [0.25, 0.3) is 5.56 Å².